The number of aliphatic hydroxyl groups is 1. The highest BCUT2D eigenvalue weighted by Crippen LogP contribution is 2.25. The van der Waals surface area contributed by atoms with Crippen LogP contribution >= 0.6 is 11.8 Å². The largest absolute Gasteiger partial charge is 0.396 e. The minimum Gasteiger partial charge on any atom is -0.396 e. The van der Waals surface area contributed by atoms with Crippen molar-refractivity contribution >= 4 is 11.8 Å². The summed E-state index contributed by atoms with van der Waals surface area (Å²) in [5, 5.41) is 9.33. The Balaban J connectivity index is 2.45. The van der Waals surface area contributed by atoms with Gasteiger partial charge in [-0.1, -0.05) is 44.2 Å². The van der Waals surface area contributed by atoms with E-state index in [0.29, 0.717) is 11.2 Å². The average Bonchev–Trinajstić information content (AvgIpc) is 2.35. The standard InChI is InChI=1S/C13H21NOS/c1-10(8-15)9-16-11(2)13(14)12-6-4-3-5-7-12/h3-7,10-11,13,15H,8-9,14H2,1-2H3. The molecule has 16 heavy (non-hydrogen) atoms. The van der Waals surface area contributed by atoms with Crippen molar-refractivity contribution in [2.75, 3.05) is 12.4 Å². The van der Waals surface area contributed by atoms with Gasteiger partial charge in [-0.2, -0.15) is 11.8 Å². The highest BCUT2D eigenvalue weighted by Gasteiger charge is 2.15. The first-order valence-electron chi connectivity index (χ1n) is 5.68. The van der Waals surface area contributed by atoms with Crippen LogP contribution in [0, 0.1) is 5.92 Å². The molecular weight excluding hydrogens is 218 g/mol. The minimum atomic E-state index is 0.0668. The first-order chi connectivity index (χ1) is 7.65. The van der Waals surface area contributed by atoms with Gasteiger partial charge < -0.3 is 10.8 Å². The molecule has 3 unspecified atom stereocenters. The zero-order chi connectivity index (χ0) is 12.0. The van der Waals surface area contributed by atoms with Crippen molar-refractivity contribution in [3.8, 4) is 0 Å². The van der Waals surface area contributed by atoms with Crippen molar-refractivity contribution in [1.82, 2.24) is 0 Å². The van der Waals surface area contributed by atoms with E-state index >= 15 is 0 Å². The summed E-state index contributed by atoms with van der Waals surface area (Å²) in [7, 11) is 0. The van der Waals surface area contributed by atoms with Gasteiger partial charge in [0.05, 0.1) is 0 Å². The Kier molecular flexibility index (Phi) is 5.88. The maximum absolute atomic E-state index is 8.96. The van der Waals surface area contributed by atoms with E-state index in [0.717, 1.165) is 5.75 Å². The molecule has 0 aliphatic heterocycles. The van der Waals surface area contributed by atoms with E-state index in [1.807, 2.05) is 36.9 Å². The molecule has 1 rings (SSSR count). The zero-order valence-electron chi connectivity index (χ0n) is 9.97. The van der Waals surface area contributed by atoms with Crippen LogP contribution in [0.15, 0.2) is 30.3 Å². The summed E-state index contributed by atoms with van der Waals surface area (Å²) < 4.78 is 0. The number of thioether (sulfide) groups is 1. The minimum absolute atomic E-state index is 0.0668. The quantitative estimate of drug-likeness (QED) is 0.801. The predicted molar refractivity (Wildman–Crippen MR) is 71.5 cm³/mol. The van der Waals surface area contributed by atoms with Gasteiger partial charge in [0.1, 0.15) is 0 Å². The summed E-state index contributed by atoms with van der Waals surface area (Å²) in [5.74, 6) is 1.30. The van der Waals surface area contributed by atoms with Gasteiger partial charge >= 0.3 is 0 Å². The lowest BCUT2D eigenvalue weighted by atomic mass is 10.1. The summed E-state index contributed by atoms with van der Waals surface area (Å²) in [6.07, 6.45) is 0. The first kappa shape index (κ1) is 13.6. The Hall–Kier alpha value is -0.510. The van der Waals surface area contributed by atoms with E-state index in [9.17, 15) is 0 Å². The molecule has 0 aliphatic carbocycles. The van der Waals surface area contributed by atoms with Crippen LogP contribution in [0.5, 0.6) is 0 Å². The zero-order valence-corrected chi connectivity index (χ0v) is 10.8. The Bertz CT molecular complexity index is 291. The Morgan fingerprint density at radius 1 is 1.25 bits per heavy atom. The lowest BCUT2D eigenvalue weighted by Gasteiger charge is -2.21. The van der Waals surface area contributed by atoms with Gasteiger partial charge in [-0.05, 0) is 17.2 Å². The first-order valence-corrected chi connectivity index (χ1v) is 6.73. The number of nitrogens with two attached hydrogens (primary N) is 1. The molecular formula is C13H21NOS. The molecule has 0 aromatic heterocycles. The van der Waals surface area contributed by atoms with E-state index in [1.165, 1.54) is 5.56 Å². The third-order valence-corrected chi connectivity index (χ3v) is 4.23. The molecule has 0 fully saturated rings. The molecule has 0 bridgehead atoms. The summed E-state index contributed by atoms with van der Waals surface area (Å²) in [5.41, 5.74) is 7.36. The molecule has 1 aromatic carbocycles. The number of hydrogen-bond acceptors (Lipinski definition) is 3. The smallest absolute Gasteiger partial charge is 0.0464 e. The highest BCUT2D eigenvalue weighted by molar-refractivity contribution is 7.99. The molecule has 0 amide bonds. The van der Waals surface area contributed by atoms with Gasteiger partial charge in [0.25, 0.3) is 0 Å². The van der Waals surface area contributed by atoms with Crippen LogP contribution in [-0.4, -0.2) is 22.7 Å². The Labute approximate surface area is 102 Å². The van der Waals surface area contributed by atoms with Gasteiger partial charge in [-0.25, -0.2) is 0 Å². The van der Waals surface area contributed by atoms with E-state index in [2.05, 4.69) is 19.1 Å². The molecule has 0 radical (unpaired) electrons. The summed E-state index contributed by atoms with van der Waals surface area (Å²) in [6, 6.07) is 10.2. The molecule has 3 atom stereocenters. The Morgan fingerprint density at radius 3 is 2.44 bits per heavy atom. The van der Waals surface area contributed by atoms with E-state index in [1.54, 1.807) is 0 Å². The lowest BCUT2D eigenvalue weighted by Crippen LogP contribution is -2.22. The van der Waals surface area contributed by atoms with Crippen LogP contribution in [0.4, 0.5) is 0 Å². The molecule has 1 aromatic rings. The van der Waals surface area contributed by atoms with Crippen molar-refractivity contribution in [1.29, 1.82) is 0 Å². The van der Waals surface area contributed by atoms with Crippen LogP contribution in [-0.2, 0) is 0 Å². The molecule has 0 saturated carbocycles. The van der Waals surface area contributed by atoms with E-state index < -0.39 is 0 Å². The molecule has 2 nitrogen and oxygen atoms in total. The van der Waals surface area contributed by atoms with Crippen molar-refractivity contribution in [2.24, 2.45) is 11.7 Å². The maximum Gasteiger partial charge on any atom is 0.0464 e. The second-order valence-electron chi connectivity index (χ2n) is 4.26. The number of aliphatic hydroxyl groups excluding tert-OH is 1. The lowest BCUT2D eigenvalue weighted by molar-refractivity contribution is 0.250. The molecule has 0 spiro atoms. The van der Waals surface area contributed by atoms with Gasteiger partial charge in [-0.15, -0.1) is 0 Å². The van der Waals surface area contributed by atoms with Crippen LogP contribution in [0.2, 0.25) is 0 Å². The average molecular weight is 239 g/mol. The number of rotatable bonds is 6. The van der Waals surface area contributed by atoms with Crippen LogP contribution in [0.3, 0.4) is 0 Å². The highest BCUT2D eigenvalue weighted by atomic mass is 32.2. The fraction of sp³-hybridized carbons (Fsp3) is 0.538. The third kappa shape index (κ3) is 4.16. The van der Waals surface area contributed by atoms with Gasteiger partial charge in [-0.3, -0.25) is 0 Å². The fourth-order valence-corrected chi connectivity index (χ4v) is 2.52. The van der Waals surface area contributed by atoms with Crippen molar-refractivity contribution in [3.05, 3.63) is 35.9 Å². The second kappa shape index (κ2) is 6.94. The third-order valence-electron chi connectivity index (χ3n) is 2.65. The molecule has 3 heteroatoms. The van der Waals surface area contributed by atoms with Crippen LogP contribution in [0.25, 0.3) is 0 Å². The summed E-state index contributed by atoms with van der Waals surface area (Å²) >= 11 is 1.83. The second-order valence-corrected chi connectivity index (χ2v) is 5.67. The Morgan fingerprint density at radius 2 is 1.88 bits per heavy atom. The number of benzene rings is 1. The predicted octanol–water partition coefficient (Wildman–Crippen LogP) is 2.44. The normalized spacial score (nSPS) is 16.8. The summed E-state index contributed by atoms with van der Waals surface area (Å²) in [6.45, 7) is 4.44. The van der Waals surface area contributed by atoms with E-state index in [4.69, 9.17) is 10.8 Å². The molecule has 3 N–H and O–H groups in total. The molecule has 90 valence electrons. The van der Waals surface area contributed by atoms with Gasteiger partial charge in [0, 0.05) is 17.9 Å². The van der Waals surface area contributed by atoms with Gasteiger partial charge in [0.15, 0.2) is 0 Å². The van der Waals surface area contributed by atoms with Crippen molar-refractivity contribution in [2.45, 2.75) is 25.1 Å². The van der Waals surface area contributed by atoms with Crippen molar-refractivity contribution < 1.29 is 5.11 Å². The van der Waals surface area contributed by atoms with Gasteiger partial charge in [0.2, 0.25) is 0 Å². The maximum atomic E-state index is 8.96. The fourth-order valence-electron chi connectivity index (χ4n) is 1.42. The topological polar surface area (TPSA) is 46.2 Å². The summed E-state index contributed by atoms with van der Waals surface area (Å²) in [4.78, 5) is 0. The van der Waals surface area contributed by atoms with E-state index in [-0.39, 0.29) is 12.6 Å². The molecule has 0 aliphatic rings. The molecule has 0 saturated heterocycles. The monoisotopic (exact) mass is 239 g/mol. The molecule has 0 heterocycles. The number of hydrogen-bond donors (Lipinski definition) is 2. The van der Waals surface area contributed by atoms with Crippen molar-refractivity contribution in [3.63, 3.8) is 0 Å². The SMILES string of the molecule is CC(CO)CSC(C)C(N)c1ccccc1. The van der Waals surface area contributed by atoms with Crippen LogP contribution < -0.4 is 5.73 Å². The van der Waals surface area contributed by atoms with Crippen LogP contribution in [0.1, 0.15) is 25.5 Å².